The fourth-order valence-electron chi connectivity index (χ4n) is 1.49. The Hall–Kier alpha value is -0.540. The summed E-state index contributed by atoms with van der Waals surface area (Å²) in [5.41, 5.74) is 0. The first-order valence-electron chi connectivity index (χ1n) is 4.26. The van der Waals surface area contributed by atoms with Crippen LogP contribution in [0.3, 0.4) is 0 Å². The number of nitrogens with zero attached hydrogens (tertiary/aromatic N) is 1. The fraction of sp³-hybridized carbons (Fsp3) is 0.556. The third-order valence-corrected chi connectivity index (χ3v) is 3.06. The zero-order valence-corrected chi connectivity index (χ0v) is 8.01. The lowest BCUT2D eigenvalue weighted by Gasteiger charge is -2.33. The molecule has 66 valence electrons. The maximum absolute atomic E-state index is 5.37. The molecule has 1 aromatic heterocycles. The van der Waals surface area contributed by atoms with Gasteiger partial charge in [-0.1, -0.05) is 0 Å². The number of anilines is 1. The summed E-state index contributed by atoms with van der Waals surface area (Å²) in [6.45, 7) is 4.96. The second-order valence-electron chi connectivity index (χ2n) is 3.07. The Labute approximate surface area is 76.8 Å². The number of ether oxygens (including phenoxy) is 1. The molecule has 0 amide bonds. The standard InChI is InChI=1S/C9H13NOS/c1-8-7-11-5-4-10(8)9-3-2-6-12-9/h2-3,6,8H,4-5,7H2,1H3. The summed E-state index contributed by atoms with van der Waals surface area (Å²) in [7, 11) is 0. The Morgan fingerprint density at radius 2 is 2.58 bits per heavy atom. The van der Waals surface area contributed by atoms with Crippen LogP contribution in [0.1, 0.15) is 6.92 Å². The quantitative estimate of drug-likeness (QED) is 0.660. The zero-order valence-electron chi connectivity index (χ0n) is 7.19. The molecule has 0 N–H and O–H groups in total. The first kappa shape index (κ1) is 8.08. The molecule has 2 heterocycles. The monoisotopic (exact) mass is 183 g/mol. The van der Waals surface area contributed by atoms with Crippen LogP contribution in [0.5, 0.6) is 0 Å². The van der Waals surface area contributed by atoms with E-state index < -0.39 is 0 Å². The van der Waals surface area contributed by atoms with Gasteiger partial charge in [0.2, 0.25) is 0 Å². The maximum atomic E-state index is 5.37. The summed E-state index contributed by atoms with van der Waals surface area (Å²) in [5, 5.41) is 3.49. The van der Waals surface area contributed by atoms with Crippen LogP contribution in [0.4, 0.5) is 5.00 Å². The van der Waals surface area contributed by atoms with Crippen LogP contribution in [-0.4, -0.2) is 25.8 Å². The Bertz CT molecular complexity index is 235. The molecule has 1 atom stereocenters. The lowest BCUT2D eigenvalue weighted by atomic mass is 10.3. The van der Waals surface area contributed by atoms with Crippen molar-refractivity contribution >= 4 is 16.3 Å². The molecule has 3 heteroatoms. The van der Waals surface area contributed by atoms with Gasteiger partial charge in [-0.15, -0.1) is 11.3 Å². The van der Waals surface area contributed by atoms with Gasteiger partial charge in [-0.25, -0.2) is 0 Å². The van der Waals surface area contributed by atoms with Crippen molar-refractivity contribution in [2.75, 3.05) is 24.7 Å². The number of morpholine rings is 1. The Morgan fingerprint density at radius 1 is 1.67 bits per heavy atom. The van der Waals surface area contributed by atoms with E-state index in [1.807, 2.05) is 0 Å². The molecule has 2 nitrogen and oxygen atoms in total. The topological polar surface area (TPSA) is 12.5 Å². The Morgan fingerprint density at radius 3 is 3.25 bits per heavy atom. The van der Waals surface area contributed by atoms with E-state index in [1.165, 1.54) is 5.00 Å². The maximum Gasteiger partial charge on any atom is 0.0912 e. The van der Waals surface area contributed by atoms with Gasteiger partial charge < -0.3 is 9.64 Å². The van der Waals surface area contributed by atoms with Crippen LogP contribution in [-0.2, 0) is 4.74 Å². The summed E-state index contributed by atoms with van der Waals surface area (Å²) in [5.74, 6) is 0. The average Bonchev–Trinajstić information content (AvgIpc) is 2.57. The number of thiophene rings is 1. The average molecular weight is 183 g/mol. The van der Waals surface area contributed by atoms with E-state index >= 15 is 0 Å². The van der Waals surface area contributed by atoms with Gasteiger partial charge in [0.25, 0.3) is 0 Å². The number of hydrogen-bond donors (Lipinski definition) is 0. The van der Waals surface area contributed by atoms with Crippen LogP contribution in [0.25, 0.3) is 0 Å². The van der Waals surface area contributed by atoms with Crippen molar-refractivity contribution in [1.82, 2.24) is 0 Å². The first-order chi connectivity index (χ1) is 5.88. The smallest absolute Gasteiger partial charge is 0.0912 e. The molecular weight excluding hydrogens is 170 g/mol. The van der Waals surface area contributed by atoms with Crippen molar-refractivity contribution in [3.8, 4) is 0 Å². The molecule has 1 aliphatic rings. The van der Waals surface area contributed by atoms with Crippen molar-refractivity contribution in [2.24, 2.45) is 0 Å². The van der Waals surface area contributed by atoms with Gasteiger partial charge >= 0.3 is 0 Å². The molecule has 0 aromatic carbocycles. The van der Waals surface area contributed by atoms with Crippen molar-refractivity contribution in [3.63, 3.8) is 0 Å². The lowest BCUT2D eigenvalue weighted by Crippen LogP contribution is -2.43. The van der Waals surface area contributed by atoms with Crippen LogP contribution in [0.15, 0.2) is 17.5 Å². The second kappa shape index (κ2) is 3.46. The summed E-state index contributed by atoms with van der Waals surface area (Å²) >= 11 is 1.80. The van der Waals surface area contributed by atoms with E-state index in [0.717, 1.165) is 19.8 Å². The molecule has 0 bridgehead atoms. The van der Waals surface area contributed by atoms with Crippen molar-refractivity contribution in [3.05, 3.63) is 17.5 Å². The minimum atomic E-state index is 0.525. The van der Waals surface area contributed by atoms with Crippen molar-refractivity contribution in [1.29, 1.82) is 0 Å². The van der Waals surface area contributed by atoms with Crippen LogP contribution in [0.2, 0.25) is 0 Å². The van der Waals surface area contributed by atoms with E-state index in [0.29, 0.717) is 6.04 Å². The van der Waals surface area contributed by atoms with Gasteiger partial charge in [0.15, 0.2) is 0 Å². The summed E-state index contributed by atoms with van der Waals surface area (Å²) in [6, 6.07) is 4.80. The second-order valence-corrected chi connectivity index (χ2v) is 3.99. The molecule has 1 aromatic rings. The molecule has 1 fully saturated rings. The fourth-order valence-corrected chi connectivity index (χ4v) is 2.35. The largest absolute Gasteiger partial charge is 0.377 e. The molecule has 12 heavy (non-hydrogen) atoms. The van der Waals surface area contributed by atoms with E-state index in [2.05, 4.69) is 29.3 Å². The SMILES string of the molecule is CC1COCCN1c1cccs1. The first-order valence-corrected chi connectivity index (χ1v) is 5.14. The zero-order chi connectivity index (χ0) is 8.39. The van der Waals surface area contributed by atoms with Crippen molar-refractivity contribution < 1.29 is 4.74 Å². The number of rotatable bonds is 1. The van der Waals surface area contributed by atoms with E-state index in [-0.39, 0.29) is 0 Å². The summed E-state index contributed by atoms with van der Waals surface area (Å²) < 4.78 is 5.37. The Balaban J connectivity index is 2.11. The van der Waals surface area contributed by atoms with Gasteiger partial charge in [-0.2, -0.15) is 0 Å². The molecular formula is C9H13NOS. The molecule has 0 radical (unpaired) electrons. The van der Waals surface area contributed by atoms with Gasteiger partial charge in [0, 0.05) is 6.54 Å². The molecule has 0 aliphatic carbocycles. The Kier molecular flexibility index (Phi) is 2.33. The van der Waals surface area contributed by atoms with Gasteiger partial charge in [-0.05, 0) is 24.4 Å². The van der Waals surface area contributed by atoms with E-state index in [4.69, 9.17) is 4.74 Å². The third kappa shape index (κ3) is 1.47. The molecule has 1 aliphatic heterocycles. The van der Waals surface area contributed by atoms with Crippen LogP contribution >= 0.6 is 11.3 Å². The van der Waals surface area contributed by atoms with E-state index in [1.54, 1.807) is 11.3 Å². The highest BCUT2D eigenvalue weighted by Gasteiger charge is 2.19. The molecule has 0 saturated carbocycles. The predicted molar refractivity (Wildman–Crippen MR) is 51.9 cm³/mol. The normalized spacial score (nSPS) is 24.4. The van der Waals surface area contributed by atoms with E-state index in [9.17, 15) is 0 Å². The molecule has 1 saturated heterocycles. The highest BCUT2D eigenvalue weighted by Crippen LogP contribution is 2.24. The minimum Gasteiger partial charge on any atom is -0.377 e. The molecule has 1 unspecified atom stereocenters. The number of hydrogen-bond acceptors (Lipinski definition) is 3. The third-order valence-electron chi connectivity index (χ3n) is 2.16. The highest BCUT2D eigenvalue weighted by atomic mass is 32.1. The van der Waals surface area contributed by atoms with Crippen molar-refractivity contribution in [2.45, 2.75) is 13.0 Å². The van der Waals surface area contributed by atoms with Gasteiger partial charge in [0.05, 0.1) is 24.3 Å². The summed E-state index contributed by atoms with van der Waals surface area (Å²) in [6.07, 6.45) is 0. The predicted octanol–water partition coefficient (Wildman–Crippen LogP) is 1.97. The van der Waals surface area contributed by atoms with Gasteiger partial charge in [0.1, 0.15) is 0 Å². The van der Waals surface area contributed by atoms with Crippen LogP contribution < -0.4 is 4.90 Å². The van der Waals surface area contributed by atoms with Crippen LogP contribution in [0, 0.1) is 0 Å². The van der Waals surface area contributed by atoms with Gasteiger partial charge in [-0.3, -0.25) is 0 Å². The molecule has 2 rings (SSSR count). The minimum absolute atomic E-state index is 0.525. The summed E-state index contributed by atoms with van der Waals surface area (Å²) in [4.78, 5) is 2.41. The lowest BCUT2D eigenvalue weighted by molar-refractivity contribution is 0.0993. The molecule has 0 spiro atoms. The highest BCUT2D eigenvalue weighted by molar-refractivity contribution is 7.14.